The van der Waals surface area contributed by atoms with Gasteiger partial charge in [-0.25, -0.2) is 0 Å². The highest BCUT2D eigenvalue weighted by molar-refractivity contribution is 9.10. The molecule has 1 aromatic carbocycles. The maximum Gasteiger partial charge on any atom is 0.101 e. The lowest BCUT2D eigenvalue weighted by molar-refractivity contribution is 0.759. The van der Waals surface area contributed by atoms with Gasteiger partial charge in [0.25, 0.3) is 0 Å². The van der Waals surface area contributed by atoms with E-state index in [1.165, 1.54) is 0 Å². The summed E-state index contributed by atoms with van der Waals surface area (Å²) >= 11 is 10.8. The second-order valence-electron chi connectivity index (χ2n) is 3.30. The highest BCUT2D eigenvalue weighted by Crippen LogP contribution is 2.29. The van der Waals surface area contributed by atoms with Gasteiger partial charge in [0.05, 0.1) is 5.56 Å². The highest BCUT2D eigenvalue weighted by Gasteiger charge is 2.08. The average molecular weight is 305 g/mol. The summed E-state index contributed by atoms with van der Waals surface area (Å²) < 4.78 is 0.855. The van der Waals surface area contributed by atoms with Crippen molar-refractivity contribution in [2.45, 2.75) is 11.8 Å². The molecule has 0 amide bonds. The zero-order valence-electron chi connectivity index (χ0n) is 8.34. The van der Waals surface area contributed by atoms with Crippen molar-refractivity contribution in [3.63, 3.8) is 0 Å². The minimum atomic E-state index is 0.460. The Labute approximate surface area is 108 Å². The number of halogens is 2. The first-order valence-electron chi connectivity index (χ1n) is 4.56. The lowest BCUT2D eigenvalue weighted by atomic mass is 10.2. The van der Waals surface area contributed by atoms with Gasteiger partial charge >= 0.3 is 0 Å². The van der Waals surface area contributed by atoms with Crippen molar-refractivity contribution in [1.29, 1.82) is 5.26 Å². The zero-order valence-corrected chi connectivity index (χ0v) is 11.5. The van der Waals surface area contributed by atoms with Crippen LogP contribution >= 0.6 is 39.3 Å². The van der Waals surface area contributed by atoms with Crippen LogP contribution < -0.4 is 0 Å². The van der Waals surface area contributed by atoms with Crippen LogP contribution in [0, 0.1) is 17.2 Å². The van der Waals surface area contributed by atoms with Crippen molar-refractivity contribution in [1.82, 2.24) is 0 Å². The Morgan fingerprint density at radius 3 is 2.93 bits per heavy atom. The largest absolute Gasteiger partial charge is 0.192 e. The SMILES string of the molecule is CC(CCl)CSc1cccc(Br)c1C#N. The van der Waals surface area contributed by atoms with Gasteiger partial charge in [-0.2, -0.15) is 5.26 Å². The maximum atomic E-state index is 9.00. The summed E-state index contributed by atoms with van der Waals surface area (Å²) in [5, 5.41) is 9.00. The van der Waals surface area contributed by atoms with E-state index in [2.05, 4.69) is 28.9 Å². The Kier molecular flexibility index (Phi) is 5.52. The first-order valence-corrected chi connectivity index (χ1v) is 6.87. The number of benzene rings is 1. The van der Waals surface area contributed by atoms with Crippen LogP contribution in [-0.4, -0.2) is 11.6 Å². The predicted octanol–water partition coefficient (Wildman–Crippen LogP) is 4.29. The standard InChI is InChI=1S/C11H11BrClNS/c1-8(5-13)7-15-11-4-2-3-10(12)9(11)6-14/h2-4,8H,5,7H2,1H3. The Bertz CT molecular complexity index is 375. The third kappa shape index (κ3) is 3.71. The van der Waals surface area contributed by atoms with Crippen LogP contribution in [0.25, 0.3) is 0 Å². The molecular weight excluding hydrogens is 294 g/mol. The minimum Gasteiger partial charge on any atom is -0.192 e. The number of hydrogen-bond acceptors (Lipinski definition) is 2. The number of thioether (sulfide) groups is 1. The van der Waals surface area contributed by atoms with E-state index in [4.69, 9.17) is 16.9 Å². The quantitative estimate of drug-likeness (QED) is 0.612. The average Bonchev–Trinajstić information content (AvgIpc) is 2.25. The smallest absolute Gasteiger partial charge is 0.101 e. The van der Waals surface area contributed by atoms with Gasteiger partial charge in [-0.3, -0.25) is 0 Å². The molecule has 0 saturated heterocycles. The van der Waals surface area contributed by atoms with Gasteiger partial charge in [-0.1, -0.05) is 13.0 Å². The molecule has 0 fully saturated rings. The second kappa shape index (κ2) is 6.42. The molecule has 0 radical (unpaired) electrons. The van der Waals surface area contributed by atoms with Crippen LogP contribution in [0.1, 0.15) is 12.5 Å². The van der Waals surface area contributed by atoms with Crippen molar-refractivity contribution in [3.05, 3.63) is 28.2 Å². The number of nitriles is 1. The molecule has 0 aliphatic carbocycles. The molecule has 0 spiro atoms. The maximum absolute atomic E-state index is 9.00. The van der Waals surface area contributed by atoms with Crippen LogP contribution in [0.15, 0.2) is 27.6 Å². The lowest BCUT2D eigenvalue weighted by Gasteiger charge is -2.08. The van der Waals surface area contributed by atoms with Gasteiger partial charge in [0.2, 0.25) is 0 Å². The number of hydrogen-bond donors (Lipinski definition) is 0. The lowest BCUT2D eigenvalue weighted by Crippen LogP contribution is -1.99. The summed E-state index contributed by atoms with van der Waals surface area (Å²) in [6.07, 6.45) is 0. The molecule has 0 heterocycles. The van der Waals surface area contributed by atoms with Gasteiger partial charge in [0.15, 0.2) is 0 Å². The van der Waals surface area contributed by atoms with Crippen LogP contribution in [0.2, 0.25) is 0 Å². The summed E-state index contributed by atoms with van der Waals surface area (Å²) in [5.41, 5.74) is 0.712. The molecular formula is C11H11BrClNS. The van der Waals surface area contributed by atoms with E-state index in [1.807, 2.05) is 18.2 Å². The first-order chi connectivity index (χ1) is 7.19. The molecule has 15 heavy (non-hydrogen) atoms. The van der Waals surface area contributed by atoms with Gasteiger partial charge in [-0.05, 0) is 34.0 Å². The fraction of sp³-hybridized carbons (Fsp3) is 0.364. The van der Waals surface area contributed by atoms with E-state index >= 15 is 0 Å². The molecule has 1 atom stereocenters. The van der Waals surface area contributed by atoms with Gasteiger partial charge in [0.1, 0.15) is 6.07 Å². The van der Waals surface area contributed by atoms with Gasteiger partial charge in [-0.15, -0.1) is 23.4 Å². The van der Waals surface area contributed by atoms with Crippen LogP contribution in [-0.2, 0) is 0 Å². The molecule has 0 N–H and O–H groups in total. The van der Waals surface area contributed by atoms with E-state index in [0.29, 0.717) is 17.4 Å². The summed E-state index contributed by atoms with van der Waals surface area (Å²) in [6, 6.07) is 8.00. The molecule has 1 rings (SSSR count). The number of rotatable bonds is 4. The van der Waals surface area contributed by atoms with Gasteiger partial charge < -0.3 is 0 Å². The normalized spacial score (nSPS) is 12.1. The number of nitrogens with zero attached hydrogens (tertiary/aromatic N) is 1. The highest BCUT2D eigenvalue weighted by atomic mass is 79.9. The molecule has 0 saturated carbocycles. The van der Waals surface area contributed by atoms with Crippen molar-refractivity contribution < 1.29 is 0 Å². The summed E-state index contributed by atoms with van der Waals surface area (Å²) in [5.74, 6) is 2.06. The molecule has 80 valence electrons. The third-order valence-corrected chi connectivity index (χ3v) is 4.45. The monoisotopic (exact) mass is 303 g/mol. The van der Waals surface area contributed by atoms with E-state index in [0.717, 1.165) is 15.1 Å². The van der Waals surface area contributed by atoms with Crippen molar-refractivity contribution in [3.8, 4) is 6.07 Å². The Morgan fingerprint density at radius 2 is 2.33 bits per heavy atom. The molecule has 1 unspecified atom stereocenters. The number of alkyl halides is 1. The summed E-state index contributed by atoms with van der Waals surface area (Å²) in [6.45, 7) is 2.10. The molecule has 1 aromatic rings. The van der Waals surface area contributed by atoms with Crippen molar-refractivity contribution in [2.24, 2.45) is 5.92 Å². The Balaban J connectivity index is 2.77. The Hall–Kier alpha value is -0.170. The molecule has 0 bridgehead atoms. The molecule has 0 aromatic heterocycles. The molecule has 0 aliphatic heterocycles. The van der Waals surface area contributed by atoms with E-state index in [9.17, 15) is 0 Å². The van der Waals surface area contributed by atoms with Crippen molar-refractivity contribution in [2.75, 3.05) is 11.6 Å². The minimum absolute atomic E-state index is 0.460. The fourth-order valence-corrected chi connectivity index (χ4v) is 2.89. The van der Waals surface area contributed by atoms with E-state index in [1.54, 1.807) is 11.8 Å². The van der Waals surface area contributed by atoms with E-state index < -0.39 is 0 Å². The van der Waals surface area contributed by atoms with Crippen LogP contribution in [0.3, 0.4) is 0 Å². The molecule has 1 nitrogen and oxygen atoms in total. The van der Waals surface area contributed by atoms with Crippen LogP contribution in [0.4, 0.5) is 0 Å². The zero-order chi connectivity index (χ0) is 11.3. The summed E-state index contributed by atoms with van der Waals surface area (Å²) in [7, 11) is 0. The van der Waals surface area contributed by atoms with E-state index in [-0.39, 0.29) is 0 Å². The van der Waals surface area contributed by atoms with Crippen molar-refractivity contribution >= 4 is 39.3 Å². The van der Waals surface area contributed by atoms with Gasteiger partial charge in [0, 0.05) is 21.0 Å². The van der Waals surface area contributed by atoms with Crippen LogP contribution in [0.5, 0.6) is 0 Å². The Morgan fingerprint density at radius 1 is 1.60 bits per heavy atom. The first kappa shape index (κ1) is 12.9. The predicted molar refractivity (Wildman–Crippen MR) is 69.5 cm³/mol. The molecule has 0 aliphatic rings. The topological polar surface area (TPSA) is 23.8 Å². The molecule has 4 heteroatoms. The second-order valence-corrected chi connectivity index (χ2v) is 5.52. The third-order valence-electron chi connectivity index (χ3n) is 1.87. The fourth-order valence-electron chi connectivity index (χ4n) is 1.01. The summed E-state index contributed by atoms with van der Waals surface area (Å²) in [4.78, 5) is 1.02.